The molecule has 1 aliphatic heterocycles. The van der Waals surface area contributed by atoms with Gasteiger partial charge in [-0.05, 0) is 83.6 Å². The maximum atomic E-state index is 13.1. The van der Waals surface area contributed by atoms with Gasteiger partial charge in [-0.3, -0.25) is 14.5 Å². The fraction of sp³-hybridized carbons (Fsp3) is 0.364. The zero-order chi connectivity index (χ0) is 23.7. The van der Waals surface area contributed by atoms with Crippen molar-refractivity contribution in [2.24, 2.45) is 0 Å². The van der Waals surface area contributed by atoms with Crippen LogP contribution in [0.5, 0.6) is 5.75 Å². The maximum Gasteiger partial charge on any atom is 0.303 e. The van der Waals surface area contributed by atoms with Crippen molar-refractivity contribution < 1.29 is 19.1 Å². The second kappa shape index (κ2) is 9.41. The van der Waals surface area contributed by atoms with Gasteiger partial charge < -0.3 is 9.47 Å². The van der Waals surface area contributed by atoms with Gasteiger partial charge in [-0.1, -0.05) is 12.1 Å². The highest BCUT2D eigenvalue weighted by Crippen LogP contribution is 2.31. The Morgan fingerprint density at radius 2 is 1.97 bits per heavy atom. The number of halogens is 1. The molecule has 1 aromatic carbocycles. The molecule has 1 amide bonds. The third kappa shape index (κ3) is 4.82. The Morgan fingerprint density at radius 3 is 2.70 bits per heavy atom. The van der Waals surface area contributed by atoms with Crippen molar-refractivity contribution in [3.8, 4) is 17.3 Å². The van der Waals surface area contributed by atoms with Gasteiger partial charge in [-0.2, -0.15) is 0 Å². The predicted octanol–water partition coefficient (Wildman–Crippen LogP) is 3.57. The number of hydrogen-bond acceptors (Lipinski definition) is 8. The summed E-state index contributed by atoms with van der Waals surface area (Å²) in [6, 6.07) is 10.6. The average Bonchev–Trinajstić information content (AvgIpc) is 3.38. The molecule has 33 heavy (non-hydrogen) atoms. The van der Waals surface area contributed by atoms with Crippen LogP contribution in [-0.4, -0.2) is 47.3 Å². The summed E-state index contributed by atoms with van der Waals surface area (Å²) in [4.78, 5) is 30.7. The summed E-state index contributed by atoms with van der Waals surface area (Å²) >= 11 is 2.03. The number of alkyl halides is 1. The van der Waals surface area contributed by atoms with Crippen molar-refractivity contribution in [2.75, 3.05) is 4.90 Å². The molecule has 0 fully saturated rings. The quantitative estimate of drug-likeness (QED) is 0.244. The van der Waals surface area contributed by atoms with Crippen molar-refractivity contribution in [3.63, 3.8) is 0 Å². The van der Waals surface area contributed by atoms with E-state index in [0.717, 1.165) is 5.56 Å². The molecule has 0 spiro atoms. The number of rotatable bonds is 7. The van der Waals surface area contributed by atoms with Crippen LogP contribution in [-0.2, 0) is 16.1 Å². The molecule has 0 saturated carbocycles. The number of benzene rings is 1. The van der Waals surface area contributed by atoms with Crippen LogP contribution in [0.15, 0.2) is 36.4 Å². The number of pyridine rings is 1. The molecule has 172 valence electrons. The van der Waals surface area contributed by atoms with Gasteiger partial charge in [0.1, 0.15) is 17.3 Å². The number of amides is 1. The first-order valence-corrected chi connectivity index (χ1v) is 11.7. The Balaban J connectivity index is 1.60. The summed E-state index contributed by atoms with van der Waals surface area (Å²) in [7, 11) is 0. The van der Waals surface area contributed by atoms with E-state index in [1.807, 2.05) is 55.5 Å². The number of anilines is 1. The summed E-state index contributed by atoms with van der Waals surface area (Å²) in [5, 5.41) is 11.9. The summed E-state index contributed by atoms with van der Waals surface area (Å²) in [5.41, 5.74) is 2.02. The number of esters is 1. The monoisotopic (exact) mass is 562 g/mol. The van der Waals surface area contributed by atoms with Crippen LogP contribution in [0.3, 0.4) is 0 Å². The van der Waals surface area contributed by atoms with Crippen molar-refractivity contribution >= 4 is 40.3 Å². The number of hydrogen-bond donors (Lipinski definition) is 0. The number of tetrazole rings is 1. The Kier molecular flexibility index (Phi) is 6.58. The molecule has 3 heterocycles. The van der Waals surface area contributed by atoms with E-state index in [4.69, 9.17) is 9.47 Å². The standard InChI is InChI=1S/C22H23IN6O4/c1-12(2)32-16-9-8-15-11-28(22(31)17(15)10-16)19-7-5-6-18(24-19)21-25-26-27-29(21)13(3)20(23)33-14(4)30/h5-10,12-13,20H,11H2,1-4H3. The third-order valence-electron chi connectivity index (χ3n) is 5.03. The van der Waals surface area contributed by atoms with Crippen LogP contribution < -0.4 is 9.64 Å². The lowest BCUT2D eigenvalue weighted by Gasteiger charge is -2.19. The van der Waals surface area contributed by atoms with Crippen molar-refractivity contribution in [3.05, 3.63) is 47.5 Å². The molecule has 0 radical (unpaired) electrons. The lowest BCUT2D eigenvalue weighted by molar-refractivity contribution is -0.143. The minimum atomic E-state index is -0.470. The van der Waals surface area contributed by atoms with E-state index in [1.165, 1.54) is 6.92 Å². The van der Waals surface area contributed by atoms with E-state index in [0.29, 0.717) is 35.2 Å². The largest absolute Gasteiger partial charge is 0.491 e. The minimum absolute atomic E-state index is 0.0188. The van der Waals surface area contributed by atoms with E-state index in [-0.39, 0.29) is 24.0 Å². The molecule has 0 N–H and O–H groups in total. The van der Waals surface area contributed by atoms with E-state index in [2.05, 4.69) is 20.5 Å². The van der Waals surface area contributed by atoms with Crippen LogP contribution in [0.25, 0.3) is 11.5 Å². The third-order valence-corrected chi connectivity index (χ3v) is 6.33. The van der Waals surface area contributed by atoms with E-state index < -0.39 is 4.11 Å². The number of aromatic nitrogens is 5. The second-order valence-corrected chi connectivity index (χ2v) is 9.13. The predicted molar refractivity (Wildman–Crippen MR) is 128 cm³/mol. The molecular formula is C22H23IN6O4. The van der Waals surface area contributed by atoms with E-state index in [9.17, 15) is 9.59 Å². The van der Waals surface area contributed by atoms with E-state index in [1.54, 1.807) is 33.8 Å². The second-order valence-electron chi connectivity index (χ2n) is 7.91. The number of nitrogens with zero attached hydrogens (tertiary/aromatic N) is 6. The van der Waals surface area contributed by atoms with Crippen LogP contribution in [0, 0.1) is 0 Å². The smallest absolute Gasteiger partial charge is 0.303 e. The topological polar surface area (TPSA) is 112 Å². The number of carbonyl (C=O) groups excluding carboxylic acids is 2. The highest BCUT2D eigenvalue weighted by atomic mass is 127. The SMILES string of the molecule is CC(=O)OC(I)C(C)n1nnnc1-c1cccc(N2Cc3ccc(OC(C)C)cc3C2=O)n1. The highest BCUT2D eigenvalue weighted by molar-refractivity contribution is 14.1. The molecule has 11 heteroatoms. The average molecular weight is 562 g/mol. The molecule has 2 aromatic heterocycles. The van der Waals surface area contributed by atoms with Gasteiger partial charge in [0, 0.05) is 12.5 Å². The zero-order valence-corrected chi connectivity index (χ0v) is 20.8. The molecular weight excluding hydrogens is 539 g/mol. The normalized spacial score (nSPS) is 14.8. The summed E-state index contributed by atoms with van der Waals surface area (Å²) in [6.45, 7) is 7.50. The first-order valence-electron chi connectivity index (χ1n) is 10.4. The molecule has 2 atom stereocenters. The molecule has 0 saturated heterocycles. The highest BCUT2D eigenvalue weighted by Gasteiger charge is 2.31. The van der Waals surface area contributed by atoms with Gasteiger partial charge >= 0.3 is 5.97 Å². The van der Waals surface area contributed by atoms with Crippen LogP contribution >= 0.6 is 22.6 Å². The molecule has 2 unspecified atom stereocenters. The Morgan fingerprint density at radius 1 is 1.18 bits per heavy atom. The summed E-state index contributed by atoms with van der Waals surface area (Å²) in [5.74, 6) is 1.04. The number of carbonyl (C=O) groups is 2. The first-order chi connectivity index (χ1) is 15.7. The fourth-order valence-electron chi connectivity index (χ4n) is 3.51. The maximum absolute atomic E-state index is 13.1. The van der Waals surface area contributed by atoms with Gasteiger partial charge in [0.05, 0.1) is 18.7 Å². The summed E-state index contributed by atoms with van der Waals surface area (Å²) in [6.07, 6.45) is 0.0188. The van der Waals surface area contributed by atoms with Gasteiger partial charge in [0.2, 0.25) is 5.82 Å². The Labute approximate surface area is 204 Å². The van der Waals surface area contributed by atoms with Gasteiger partial charge in [-0.15, -0.1) is 5.10 Å². The summed E-state index contributed by atoms with van der Waals surface area (Å²) < 4.78 is 12.1. The minimum Gasteiger partial charge on any atom is -0.491 e. The lowest BCUT2D eigenvalue weighted by atomic mass is 10.1. The number of ether oxygens (including phenoxy) is 2. The van der Waals surface area contributed by atoms with Crippen LogP contribution in [0.2, 0.25) is 0 Å². The van der Waals surface area contributed by atoms with Gasteiger partial charge in [0.25, 0.3) is 5.91 Å². The van der Waals surface area contributed by atoms with Crippen LogP contribution in [0.1, 0.15) is 49.7 Å². The molecule has 0 bridgehead atoms. The van der Waals surface area contributed by atoms with E-state index >= 15 is 0 Å². The fourth-order valence-corrected chi connectivity index (χ4v) is 4.18. The first kappa shape index (κ1) is 23.1. The van der Waals surface area contributed by atoms with Crippen molar-refractivity contribution in [2.45, 2.75) is 50.5 Å². The van der Waals surface area contributed by atoms with Gasteiger partial charge in [-0.25, -0.2) is 9.67 Å². The van der Waals surface area contributed by atoms with Gasteiger partial charge in [0.15, 0.2) is 4.11 Å². The Bertz CT molecular complexity index is 1200. The van der Waals surface area contributed by atoms with Crippen molar-refractivity contribution in [1.82, 2.24) is 25.2 Å². The van der Waals surface area contributed by atoms with Crippen molar-refractivity contribution in [1.29, 1.82) is 0 Å². The molecule has 3 aromatic rings. The molecule has 0 aliphatic carbocycles. The molecule has 4 rings (SSSR count). The molecule has 10 nitrogen and oxygen atoms in total. The van der Waals surface area contributed by atoms with Crippen LogP contribution in [0.4, 0.5) is 5.82 Å². The molecule has 1 aliphatic rings. The number of fused-ring (bicyclic) bond motifs is 1. The Hall–Kier alpha value is -3.09. The lowest BCUT2D eigenvalue weighted by Crippen LogP contribution is -2.25. The zero-order valence-electron chi connectivity index (χ0n) is 18.6.